The first-order valence-corrected chi connectivity index (χ1v) is 6.60. The van der Waals surface area contributed by atoms with Crippen molar-refractivity contribution in [3.8, 4) is 0 Å². The van der Waals surface area contributed by atoms with E-state index < -0.39 is 11.5 Å². The van der Waals surface area contributed by atoms with Crippen molar-refractivity contribution in [1.29, 1.82) is 0 Å². The van der Waals surface area contributed by atoms with Crippen LogP contribution in [-0.4, -0.2) is 29.0 Å². The van der Waals surface area contributed by atoms with Gasteiger partial charge in [-0.25, -0.2) is 0 Å². The third-order valence-electron chi connectivity index (χ3n) is 3.99. The molecule has 98 valence electrons. The number of aliphatic hydroxyl groups is 1. The summed E-state index contributed by atoms with van der Waals surface area (Å²) >= 11 is 0. The van der Waals surface area contributed by atoms with Crippen LogP contribution in [0.5, 0.6) is 0 Å². The Bertz CT molecular complexity index is 408. The zero-order valence-corrected chi connectivity index (χ0v) is 11.1. The third kappa shape index (κ3) is 2.41. The van der Waals surface area contributed by atoms with Crippen LogP contribution in [0.15, 0.2) is 30.3 Å². The monoisotopic (exact) mass is 247 g/mol. The maximum atomic E-state index is 12.3. The molecular formula is C15H21NO2. The van der Waals surface area contributed by atoms with Gasteiger partial charge in [0.25, 0.3) is 0 Å². The van der Waals surface area contributed by atoms with Gasteiger partial charge in [-0.2, -0.15) is 0 Å². The SMILES string of the molecule is C[C@H](C(=O)N1CCCC1)[C@@](C)(O)c1ccccc1. The van der Waals surface area contributed by atoms with Gasteiger partial charge in [0.15, 0.2) is 0 Å². The van der Waals surface area contributed by atoms with Gasteiger partial charge in [-0.05, 0) is 25.3 Å². The van der Waals surface area contributed by atoms with Crippen LogP contribution in [0.25, 0.3) is 0 Å². The van der Waals surface area contributed by atoms with Gasteiger partial charge >= 0.3 is 0 Å². The van der Waals surface area contributed by atoms with E-state index in [-0.39, 0.29) is 5.91 Å². The number of carbonyl (C=O) groups excluding carboxylic acids is 1. The topological polar surface area (TPSA) is 40.5 Å². The highest BCUT2D eigenvalue weighted by Gasteiger charge is 2.37. The molecule has 1 aromatic carbocycles. The van der Waals surface area contributed by atoms with Gasteiger partial charge in [-0.3, -0.25) is 4.79 Å². The Morgan fingerprint density at radius 3 is 2.39 bits per heavy atom. The highest BCUT2D eigenvalue weighted by molar-refractivity contribution is 5.80. The summed E-state index contributed by atoms with van der Waals surface area (Å²) in [6.45, 7) is 5.19. The number of rotatable bonds is 3. The van der Waals surface area contributed by atoms with Gasteiger partial charge in [0, 0.05) is 13.1 Å². The zero-order valence-electron chi connectivity index (χ0n) is 11.1. The van der Waals surface area contributed by atoms with E-state index in [4.69, 9.17) is 0 Å². The first-order valence-electron chi connectivity index (χ1n) is 6.60. The second kappa shape index (κ2) is 5.11. The fourth-order valence-corrected chi connectivity index (χ4v) is 2.48. The summed E-state index contributed by atoms with van der Waals surface area (Å²) in [5, 5.41) is 10.6. The molecule has 1 aliphatic heterocycles. The van der Waals surface area contributed by atoms with Crippen molar-refractivity contribution in [2.75, 3.05) is 13.1 Å². The van der Waals surface area contributed by atoms with Gasteiger partial charge in [-0.15, -0.1) is 0 Å². The van der Waals surface area contributed by atoms with Crippen LogP contribution in [0.2, 0.25) is 0 Å². The molecule has 3 heteroatoms. The van der Waals surface area contributed by atoms with Crippen molar-refractivity contribution >= 4 is 5.91 Å². The highest BCUT2D eigenvalue weighted by atomic mass is 16.3. The normalized spacial score (nSPS) is 20.5. The molecule has 0 saturated carbocycles. The van der Waals surface area contributed by atoms with E-state index >= 15 is 0 Å². The van der Waals surface area contributed by atoms with Crippen molar-refractivity contribution < 1.29 is 9.90 Å². The molecule has 2 rings (SSSR count). The quantitative estimate of drug-likeness (QED) is 0.889. The maximum Gasteiger partial charge on any atom is 0.228 e. The minimum Gasteiger partial charge on any atom is -0.385 e. The van der Waals surface area contributed by atoms with E-state index in [9.17, 15) is 9.90 Å². The first kappa shape index (κ1) is 13.1. The predicted octanol–water partition coefficient (Wildman–Crippen LogP) is 2.15. The lowest BCUT2D eigenvalue weighted by molar-refractivity contribution is -0.142. The predicted molar refractivity (Wildman–Crippen MR) is 71.0 cm³/mol. The molecule has 1 amide bonds. The molecule has 1 saturated heterocycles. The van der Waals surface area contributed by atoms with Gasteiger partial charge in [-0.1, -0.05) is 37.3 Å². The molecule has 0 aliphatic carbocycles. The minimum atomic E-state index is -1.11. The van der Waals surface area contributed by atoms with Crippen LogP contribution in [0.1, 0.15) is 32.3 Å². The minimum absolute atomic E-state index is 0.0568. The summed E-state index contributed by atoms with van der Waals surface area (Å²) in [6.07, 6.45) is 2.15. The molecule has 3 nitrogen and oxygen atoms in total. The van der Waals surface area contributed by atoms with Crippen molar-refractivity contribution in [3.63, 3.8) is 0 Å². The average Bonchev–Trinajstić information content (AvgIpc) is 2.92. The second-order valence-corrected chi connectivity index (χ2v) is 5.27. The standard InChI is InChI=1S/C15H21NO2/c1-12(14(17)16-10-6-7-11-16)15(2,18)13-8-4-3-5-9-13/h3-5,8-9,12,18H,6-7,10-11H2,1-2H3/t12-,15-/m1/s1. The van der Waals surface area contributed by atoms with Crippen molar-refractivity contribution in [1.82, 2.24) is 4.90 Å². The molecule has 18 heavy (non-hydrogen) atoms. The molecule has 1 heterocycles. The second-order valence-electron chi connectivity index (χ2n) is 5.27. The summed E-state index contributed by atoms with van der Waals surface area (Å²) in [4.78, 5) is 14.2. The van der Waals surface area contributed by atoms with Crippen molar-refractivity contribution in [2.24, 2.45) is 5.92 Å². The highest BCUT2D eigenvalue weighted by Crippen LogP contribution is 2.31. The molecular weight excluding hydrogens is 226 g/mol. The average molecular weight is 247 g/mol. The van der Waals surface area contributed by atoms with Gasteiger partial charge in [0.2, 0.25) is 5.91 Å². The first-order chi connectivity index (χ1) is 8.53. The van der Waals surface area contributed by atoms with Crippen LogP contribution in [0, 0.1) is 5.92 Å². The largest absolute Gasteiger partial charge is 0.385 e. The van der Waals surface area contributed by atoms with Gasteiger partial charge in [0.05, 0.1) is 11.5 Å². The molecule has 0 spiro atoms. The molecule has 1 N–H and O–H groups in total. The Hall–Kier alpha value is -1.35. The molecule has 0 bridgehead atoms. The van der Waals surface area contributed by atoms with Crippen molar-refractivity contribution in [3.05, 3.63) is 35.9 Å². The van der Waals surface area contributed by atoms with Crippen LogP contribution in [0.4, 0.5) is 0 Å². The summed E-state index contributed by atoms with van der Waals surface area (Å²) in [6, 6.07) is 9.42. The Labute approximate surface area is 108 Å². The maximum absolute atomic E-state index is 12.3. The molecule has 2 atom stereocenters. The third-order valence-corrected chi connectivity index (χ3v) is 3.99. The van der Waals surface area contributed by atoms with E-state index in [2.05, 4.69) is 0 Å². The van der Waals surface area contributed by atoms with Crippen LogP contribution in [0.3, 0.4) is 0 Å². The van der Waals surface area contributed by atoms with E-state index in [1.165, 1.54) is 0 Å². The Morgan fingerprint density at radius 2 is 1.83 bits per heavy atom. The molecule has 0 aromatic heterocycles. The molecule has 1 fully saturated rings. The number of carbonyl (C=O) groups is 1. The smallest absolute Gasteiger partial charge is 0.228 e. The number of amides is 1. The van der Waals surface area contributed by atoms with Crippen LogP contribution >= 0.6 is 0 Å². The van der Waals surface area contributed by atoms with Gasteiger partial charge < -0.3 is 10.0 Å². The fraction of sp³-hybridized carbons (Fsp3) is 0.533. The number of hydrogen-bond donors (Lipinski definition) is 1. The Kier molecular flexibility index (Phi) is 3.71. The molecule has 0 radical (unpaired) electrons. The number of hydrogen-bond acceptors (Lipinski definition) is 2. The summed E-state index contributed by atoms with van der Waals surface area (Å²) in [5.74, 6) is -0.362. The Morgan fingerprint density at radius 1 is 1.28 bits per heavy atom. The number of likely N-dealkylation sites (tertiary alicyclic amines) is 1. The summed E-state index contributed by atoms with van der Waals surface area (Å²) < 4.78 is 0. The molecule has 0 unspecified atom stereocenters. The van der Waals surface area contributed by atoms with E-state index in [1.807, 2.05) is 42.2 Å². The summed E-state index contributed by atoms with van der Waals surface area (Å²) in [5.41, 5.74) is -0.314. The molecule has 1 aliphatic rings. The Balaban J connectivity index is 2.16. The number of benzene rings is 1. The lowest BCUT2D eigenvalue weighted by Gasteiger charge is -2.32. The number of nitrogens with zero attached hydrogens (tertiary/aromatic N) is 1. The molecule has 1 aromatic rings. The van der Waals surface area contributed by atoms with E-state index in [1.54, 1.807) is 6.92 Å². The van der Waals surface area contributed by atoms with Crippen molar-refractivity contribution in [2.45, 2.75) is 32.3 Å². The van der Waals surface area contributed by atoms with Crippen LogP contribution < -0.4 is 0 Å². The summed E-state index contributed by atoms with van der Waals surface area (Å²) in [7, 11) is 0. The fourth-order valence-electron chi connectivity index (χ4n) is 2.48. The van der Waals surface area contributed by atoms with Gasteiger partial charge in [0.1, 0.15) is 0 Å². The lowest BCUT2D eigenvalue weighted by atomic mass is 9.83. The lowest BCUT2D eigenvalue weighted by Crippen LogP contribution is -2.42. The van der Waals surface area contributed by atoms with E-state index in [0.717, 1.165) is 31.5 Å². The van der Waals surface area contributed by atoms with Crippen LogP contribution in [-0.2, 0) is 10.4 Å². The zero-order chi connectivity index (χ0) is 13.2. The van der Waals surface area contributed by atoms with E-state index in [0.29, 0.717) is 0 Å².